The minimum Gasteiger partial charge on any atom is -0.457 e. The third-order valence-corrected chi connectivity index (χ3v) is 5.68. The zero-order valence-electron chi connectivity index (χ0n) is 15.5. The SMILES string of the molecule is Cc1ccc(Nc2nc(N)nc(COC(=O)C[C@@H]3C[C@H]4CC[C@@H]3C4)n2)cc1. The Balaban J connectivity index is 1.33. The third-order valence-electron chi connectivity index (χ3n) is 5.68. The number of nitrogens with two attached hydrogens (primary N) is 1. The second kappa shape index (κ2) is 7.50. The smallest absolute Gasteiger partial charge is 0.306 e. The molecule has 7 nitrogen and oxygen atoms in total. The predicted molar refractivity (Wildman–Crippen MR) is 102 cm³/mol. The van der Waals surface area contributed by atoms with E-state index in [0.717, 1.165) is 11.6 Å². The van der Waals surface area contributed by atoms with Gasteiger partial charge < -0.3 is 15.8 Å². The van der Waals surface area contributed by atoms with Crippen molar-refractivity contribution >= 4 is 23.6 Å². The first-order valence-electron chi connectivity index (χ1n) is 9.55. The van der Waals surface area contributed by atoms with E-state index in [-0.39, 0.29) is 18.5 Å². The van der Waals surface area contributed by atoms with Gasteiger partial charge in [0.15, 0.2) is 12.4 Å². The lowest BCUT2D eigenvalue weighted by Crippen LogP contribution is -2.17. The van der Waals surface area contributed by atoms with Crippen molar-refractivity contribution in [1.82, 2.24) is 15.0 Å². The molecule has 142 valence electrons. The summed E-state index contributed by atoms with van der Waals surface area (Å²) in [5.74, 6) is 2.62. The second-order valence-corrected chi connectivity index (χ2v) is 7.72. The summed E-state index contributed by atoms with van der Waals surface area (Å²) >= 11 is 0. The Labute approximate surface area is 158 Å². The summed E-state index contributed by atoms with van der Waals surface area (Å²) in [5.41, 5.74) is 7.79. The number of fused-ring (bicyclic) bond motifs is 2. The van der Waals surface area contributed by atoms with Crippen molar-refractivity contribution in [2.45, 2.75) is 45.6 Å². The Kier molecular flexibility index (Phi) is 4.92. The molecule has 7 heteroatoms. The normalized spacial score (nSPS) is 23.4. The molecule has 3 N–H and O–H groups in total. The van der Waals surface area contributed by atoms with E-state index < -0.39 is 0 Å². The number of nitrogens with one attached hydrogen (secondary N) is 1. The number of esters is 1. The number of rotatable bonds is 6. The standard InChI is InChI=1S/C20H25N5O2/c1-12-2-6-16(7-3-12)22-20-24-17(23-19(21)25-20)11-27-18(26)10-15-9-13-4-5-14(15)8-13/h2-3,6-7,13-15H,4-5,8-11H2,1H3,(H3,21,22,23,24,25)/t13-,14+,15-/m0/s1. The fourth-order valence-corrected chi connectivity index (χ4v) is 4.37. The van der Waals surface area contributed by atoms with Crippen LogP contribution in [-0.4, -0.2) is 20.9 Å². The van der Waals surface area contributed by atoms with Gasteiger partial charge in [0.1, 0.15) is 0 Å². The number of hydrogen-bond donors (Lipinski definition) is 2. The second-order valence-electron chi connectivity index (χ2n) is 7.72. The third kappa shape index (κ3) is 4.35. The van der Waals surface area contributed by atoms with Gasteiger partial charge in [0, 0.05) is 12.1 Å². The molecule has 2 aromatic rings. The number of aryl methyl sites for hydroxylation is 1. The highest BCUT2D eigenvalue weighted by Gasteiger charge is 2.40. The molecule has 2 fully saturated rings. The fraction of sp³-hybridized carbons (Fsp3) is 0.500. The van der Waals surface area contributed by atoms with Crippen molar-refractivity contribution < 1.29 is 9.53 Å². The van der Waals surface area contributed by atoms with Gasteiger partial charge in [-0.15, -0.1) is 0 Å². The van der Waals surface area contributed by atoms with Crippen LogP contribution in [0.15, 0.2) is 24.3 Å². The minimum atomic E-state index is -0.181. The fourth-order valence-electron chi connectivity index (χ4n) is 4.37. The first-order valence-corrected chi connectivity index (χ1v) is 9.55. The van der Waals surface area contributed by atoms with Crippen LogP contribution in [0.4, 0.5) is 17.6 Å². The molecule has 1 aromatic heterocycles. The number of carbonyl (C=O) groups excluding carboxylic acids is 1. The van der Waals surface area contributed by atoms with E-state index in [0.29, 0.717) is 30.0 Å². The average Bonchev–Trinajstić information content (AvgIpc) is 3.25. The van der Waals surface area contributed by atoms with Crippen molar-refractivity contribution in [1.29, 1.82) is 0 Å². The molecular weight excluding hydrogens is 342 g/mol. The summed E-state index contributed by atoms with van der Waals surface area (Å²) < 4.78 is 5.40. The molecule has 0 aliphatic heterocycles. The molecule has 0 unspecified atom stereocenters. The number of nitrogen functional groups attached to an aromatic ring is 1. The summed E-state index contributed by atoms with van der Waals surface area (Å²) in [6.45, 7) is 2.03. The van der Waals surface area contributed by atoms with E-state index in [9.17, 15) is 4.79 Å². The van der Waals surface area contributed by atoms with Gasteiger partial charge in [-0.05, 0) is 56.1 Å². The molecule has 1 aromatic carbocycles. The highest BCUT2D eigenvalue weighted by Crippen LogP contribution is 2.49. The highest BCUT2D eigenvalue weighted by molar-refractivity contribution is 5.69. The van der Waals surface area contributed by atoms with Crippen LogP contribution in [0.1, 0.15) is 43.5 Å². The van der Waals surface area contributed by atoms with Crippen molar-refractivity contribution in [3.05, 3.63) is 35.7 Å². The molecule has 0 saturated heterocycles. The van der Waals surface area contributed by atoms with Gasteiger partial charge in [-0.2, -0.15) is 15.0 Å². The predicted octanol–water partition coefficient (Wildman–Crippen LogP) is 3.38. The summed E-state index contributed by atoms with van der Waals surface area (Å²) in [7, 11) is 0. The quantitative estimate of drug-likeness (QED) is 0.754. The largest absolute Gasteiger partial charge is 0.457 e. The molecule has 0 spiro atoms. The van der Waals surface area contributed by atoms with Gasteiger partial charge in [-0.3, -0.25) is 4.79 Å². The molecule has 2 aliphatic rings. The van der Waals surface area contributed by atoms with Crippen LogP contribution >= 0.6 is 0 Å². The molecule has 0 amide bonds. The maximum Gasteiger partial charge on any atom is 0.306 e. The lowest BCUT2D eigenvalue weighted by molar-refractivity contribution is -0.146. The maximum absolute atomic E-state index is 12.2. The maximum atomic E-state index is 12.2. The van der Waals surface area contributed by atoms with Crippen LogP contribution in [0.25, 0.3) is 0 Å². The van der Waals surface area contributed by atoms with E-state index in [2.05, 4.69) is 20.3 Å². The Hall–Kier alpha value is -2.70. The Morgan fingerprint density at radius 1 is 1.19 bits per heavy atom. The molecular formula is C20H25N5O2. The van der Waals surface area contributed by atoms with Crippen LogP contribution in [0.2, 0.25) is 0 Å². The number of nitrogens with zero attached hydrogens (tertiary/aromatic N) is 3. The Morgan fingerprint density at radius 2 is 2.00 bits per heavy atom. The minimum absolute atomic E-state index is 0.00888. The number of ether oxygens (including phenoxy) is 1. The number of benzene rings is 1. The molecule has 3 atom stereocenters. The van der Waals surface area contributed by atoms with Crippen LogP contribution in [-0.2, 0) is 16.1 Å². The zero-order valence-corrected chi connectivity index (χ0v) is 15.5. The van der Waals surface area contributed by atoms with Crippen LogP contribution < -0.4 is 11.1 Å². The molecule has 2 bridgehead atoms. The summed E-state index contributed by atoms with van der Waals surface area (Å²) in [6.07, 6.45) is 5.55. The average molecular weight is 367 g/mol. The lowest BCUT2D eigenvalue weighted by atomic mass is 9.86. The summed E-state index contributed by atoms with van der Waals surface area (Å²) in [5, 5.41) is 3.09. The van der Waals surface area contributed by atoms with E-state index in [1.807, 2.05) is 31.2 Å². The molecule has 1 heterocycles. The van der Waals surface area contributed by atoms with Gasteiger partial charge in [0.2, 0.25) is 11.9 Å². The monoisotopic (exact) mass is 367 g/mol. The number of anilines is 3. The molecule has 27 heavy (non-hydrogen) atoms. The van der Waals surface area contributed by atoms with Gasteiger partial charge in [-0.1, -0.05) is 24.1 Å². The number of hydrogen-bond acceptors (Lipinski definition) is 7. The van der Waals surface area contributed by atoms with Crippen LogP contribution in [0.5, 0.6) is 0 Å². The van der Waals surface area contributed by atoms with Crippen molar-refractivity contribution in [2.24, 2.45) is 17.8 Å². The Bertz CT molecular complexity index is 824. The summed E-state index contributed by atoms with van der Waals surface area (Å²) in [6, 6.07) is 7.85. The van der Waals surface area contributed by atoms with Crippen LogP contribution in [0.3, 0.4) is 0 Å². The highest BCUT2D eigenvalue weighted by atomic mass is 16.5. The molecule has 0 radical (unpaired) electrons. The topological polar surface area (TPSA) is 103 Å². The van der Waals surface area contributed by atoms with E-state index in [4.69, 9.17) is 10.5 Å². The van der Waals surface area contributed by atoms with Gasteiger partial charge in [-0.25, -0.2) is 0 Å². The van der Waals surface area contributed by atoms with Crippen molar-refractivity contribution in [3.63, 3.8) is 0 Å². The Morgan fingerprint density at radius 3 is 2.70 bits per heavy atom. The van der Waals surface area contributed by atoms with Crippen molar-refractivity contribution in [2.75, 3.05) is 11.1 Å². The van der Waals surface area contributed by atoms with E-state index in [1.165, 1.54) is 31.2 Å². The lowest BCUT2D eigenvalue weighted by Gasteiger charge is -2.20. The van der Waals surface area contributed by atoms with Crippen LogP contribution in [0, 0.1) is 24.7 Å². The van der Waals surface area contributed by atoms with Gasteiger partial charge >= 0.3 is 5.97 Å². The summed E-state index contributed by atoms with van der Waals surface area (Å²) in [4.78, 5) is 24.7. The molecule has 2 aliphatic carbocycles. The first-order chi connectivity index (χ1) is 13.0. The molecule has 4 rings (SSSR count). The van der Waals surface area contributed by atoms with Crippen molar-refractivity contribution in [3.8, 4) is 0 Å². The van der Waals surface area contributed by atoms with Gasteiger partial charge in [0.05, 0.1) is 0 Å². The molecule has 2 saturated carbocycles. The van der Waals surface area contributed by atoms with E-state index in [1.54, 1.807) is 0 Å². The number of aromatic nitrogens is 3. The van der Waals surface area contributed by atoms with Gasteiger partial charge in [0.25, 0.3) is 0 Å². The van der Waals surface area contributed by atoms with E-state index >= 15 is 0 Å². The first kappa shape index (κ1) is 17.7. The number of carbonyl (C=O) groups is 1. The zero-order chi connectivity index (χ0) is 18.8.